The van der Waals surface area contributed by atoms with Crippen molar-refractivity contribution in [2.75, 3.05) is 39.9 Å². The van der Waals surface area contributed by atoms with Crippen LogP contribution in [0.5, 0.6) is 5.75 Å². The van der Waals surface area contributed by atoms with Crippen LogP contribution in [0.15, 0.2) is 54.6 Å². The molecule has 174 valence electrons. The van der Waals surface area contributed by atoms with Crippen molar-refractivity contribution in [1.29, 1.82) is 0 Å². The van der Waals surface area contributed by atoms with Crippen LogP contribution in [-0.4, -0.2) is 62.0 Å². The zero-order valence-electron chi connectivity index (χ0n) is 19.0. The van der Waals surface area contributed by atoms with Crippen LogP contribution < -0.4 is 10.1 Å². The second kappa shape index (κ2) is 13.2. The van der Waals surface area contributed by atoms with Gasteiger partial charge in [-0.15, -0.1) is 0 Å². The van der Waals surface area contributed by atoms with Gasteiger partial charge in [-0.2, -0.15) is 0 Å². The van der Waals surface area contributed by atoms with Gasteiger partial charge in [0.05, 0.1) is 13.0 Å². The lowest BCUT2D eigenvalue weighted by Crippen LogP contribution is -2.42. The van der Waals surface area contributed by atoms with Gasteiger partial charge in [-0.3, -0.25) is 4.79 Å². The third-order valence-corrected chi connectivity index (χ3v) is 5.92. The molecule has 0 radical (unpaired) electrons. The molecule has 1 saturated heterocycles. The van der Waals surface area contributed by atoms with Crippen LogP contribution in [0.1, 0.15) is 30.4 Å². The molecule has 0 aromatic heterocycles. The molecule has 0 aliphatic carbocycles. The van der Waals surface area contributed by atoms with Gasteiger partial charge in [0.1, 0.15) is 18.5 Å². The molecule has 1 atom stereocenters. The molecule has 2 aromatic carbocycles. The molecule has 1 aliphatic heterocycles. The summed E-state index contributed by atoms with van der Waals surface area (Å²) in [6.07, 6.45) is 3.17. The summed E-state index contributed by atoms with van der Waals surface area (Å²) in [5.74, 6) is 0.635. The van der Waals surface area contributed by atoms with Crippen LogP contribution in [0.4, 0.5) is 0 Å². The number of ether oxygens (including phenoxy) is 2. The molecule has 6 heteroatoms. The van der Waals surface area contributed by atoms with Crippen LogP contribution >= 0.6 is 0 Å². The lowest BCUT2D eigenvalue weighted by Gasteiger charge is -2.31. The molecule has 1 heterocycles. The van der Waals surface area contributed by atoms with Gasteiger partial charge in [-0.1, -0.05) is 42.5 Å². The molecule has 2 aromatic rings. The first-order valence-corrected chi connectivity index (χ1v) is 11.6. The van der Waals surface area contributed by atoms with E-state index in [4.69, 9.17) is 9.47 Å². The van der Waals surface area contributed by atoms with E-state index >= 15 is 0 Å². The quantitative estimate of drug-likeness (QED) is 0.391. The summed E-state index contributed by atoms with van der Waals surface area (Å²) in [7, 11) is 1.44. The van der Waals surface area contributed by atoms with Gasteiger partial charge in [-0.25, -0.2) is 0 Å². The third-order valence-electron chi connectivity index (χ3n) is 5.92. The van der Waals surface area contributed by atoms with E-state index in [0.29, 0.717) is 6.54 Å². The zero-order chi connectivity index (χ0) is 22.6. The number of esters is 1. The highest BCUT2D eigenvalue weighted by molar-refractivity contribution is 5.72. The largest absolute Gasteiger partial charge is 0.491 e. The highest BCUT2D eigenvalue weighted by Crippen LogP contribution is 2.19. The van der Waals surface area contributed by atoms with Crippen LogP contribution in [0.2, 0.25) is 0 Å². The summed E-state index contributed by atoms with van der Waals surface area (Å²) in [5.41, 5.74) is 2.54. The van der Waals surface area contributed by atoms with Crippen molar-refractivity contribution in [2.24, 2.45) is 5.92 Å². The highest BCUT2D eigenvalue weighted by Gasteiger charge is 2.26. The lowest BCUT2D eigenvalue weighted by molar-refractivity contribution is -0.147. The van der Waals surface area contributed by atoms with Crippen molar-refractivity contribution in [2.45, 2.75) is 38.3 Å². The molecule has 2 N–H and O–H groups in total. The number of rotatable bonds is 12. The number of hydrogen-bond donors (Lipinski definition) is 2. The second-order valence-corrected chi connectivity index (χ2v) is 8.48. The number of β-amino-alcohol motifs (C(OH)–C–C–N with tert-alkyl or cyclic N) is 1. The van der Waals surface area contributed by atoms with Gasteiger partial charge < -0.3 is 24.8 Å². The monoisotopic (exact) mass is 440 g/mol. The topological polar surface area (TPSA) is 71.0 Å². The predicted molar refractivity (Wildman–Crippen MR) is 126 cm³/mol. The van der Waals surface area contributed by atoms with E-state index in [1.54, 1.807) is 0 Å². The van der Waals surface area contributed by atoms with Crippen LogP contribution in [0.3, 0.4) is 0 Å². The number of methoxy groups -OCH3 is 1. The summed E-state index contributed by atoms with van der Waals surface area (Å²) < 4.78 is 10.7. The van der Waals surface area contributed by atoms with Gasteiger partial charge in [-0.05, 0) is 68.6 Å². The Kier molecular flexibility index (Phi) is 10.0. The SMILES string of the molecule is COC(=O)C1CCN(C[C@H](O)COc2cccc(CNCCCc3ccccc3)c2)CC1. The Morgan fingerprint density at radius 3 is 2.62 bits per heavy atom. The van der Waals surface area contributed by atoms with Crippen molar-refractivity contribution < 1.29 is 19.4 Å². The molecule has 0 spiro atoms. The number of carbonyl (C=O) groups excluding carboxylic acids is 1. The van der Waals surface area contributed by atoms with Gasteiger partial charge in [0, 0.05) is 13.1 Å². The van der Waals surface area contributed by atoms with Crippen molar-refractivity contribution in [1.82, 2.24) is 10.2 Å². The fourth-order valence-electron chi connectivity index (χ4n) is 4.10. The summed E-state index contributed by atoms with van der Waals surface area (Å²) in [6, 6.07) is 18.6. The van der Waals surface area contributed by atoms with Crippen LogP contribution in [-0.2, 0) is 22.5 Å². The number of aliphatic hydroxyl groups is 1. The summed E-state index contributed by atoms with van der Waals surface area (Å²) >= 11 is 0. The Balaban J connectivity index is 1.31. The first-order chi connectivity index (χ1) is 15.6. The Morgan fingerprint density at radius 1 is 1.12 bits per heavy atom. The van der Waals surface area contributed by atoms with E-state index < -0.39 is 6.10 Å². The Morgan fingerprint density at radius 2 is 1.88 bits per heavy atom. The number of nitrogens with one attached hydrogen (secondary N) is 1. The van der Waals surface area contributed by atoms with Crippen molar-refractivity contribution >= 4 is 5.97 Å². The standard InChI is InChI=1S/C26H36N2O4/c1-31-26(30)23-12-15-28(16-13-23)19-24(29)20-32-25-11-5-9-22(17-25)18-27-14-6-10-21-7-3-2-4-8-21/h2-5,7-9,11,17,23-24,27,29H,6,10,12-16,18-20H2,1H3/t24-/m0/s1. The van der Waals surface area contributed by atoms with Gasteiger partial charge in [0.2, 0.25) is 0 Å². The molecular formula is C26H36N2O4. The van der Waals surface area contributed by atoms with Crippen LogP contribution in [0, 0.1) is 5.92 Å². The number of benzene rings is 2. The smallest absolute Gasteiger partial charge is 0.308 e. The molecule has 0 amide bonds. The molecule has 0 saturated carbocycles. The highest BCUT2D eigenvalue weighted by atomic mass is 16.5. The average molecular weight is 441 g/mol. The molecular weight excluding hydrogens is 404 g/mol. The van der Waals surface area contributed by atoms with E-state index in [0.717, 1.165) is 57.6 Å². The summed E-state index contributed by atoms with van der Waals surface area (Å²) in [5, 5.41) is 13.9. The van der Waals surface area contributed by atoms with E-state index in [9.17, 15) is 9.90 Å². The number of hydrogen-bond acceptors (Lipinski definition) is 6. The number of aliphatic hydroxyl groups excluding tert-OH is 1. The average Bonchev–Trinajstić information content (AvgIpc) is 2.83. The minimum atomic E-state index is -0.565. The number of nitrogens with zero attached hydrogens (tertiary/aromatic N) is 1. The minimum absolute atomic E-state index is 0.0145. The maximum Gasteiger partial charge on any atom is 0.308 e. The van der Waals surface area contributed by atoms with Gasteiger partial charge in [0.25, 0.3) is 0 Å². The third kappa shape index (κ3) is 8.26. The fourth-order valence-corrected chi connectivity index (χ4v) is 4.10. The first kappa shape index (κ1) is 24.2. The van der Waals surface area contributed by atoms with E-state index in [-0.39, 0.29) is 18.5 Å². The van der Waals surface area contributed by atoms with Crippen molar-refractivity contribution in [3.8, 4) is 5.75 Å². The Bertz CT molecular complexity index is 806. The van der Waals surface area contributed by atoms with Crippen molar-refractivity contribution in [3.05, 3.63) is 65.7 Å². The minimum Gasteiger partial charge on any atom is -0.491 e. The molecule has 0 bridgehead atoms. The normalized spacial score (nSPS) is 15.9. The van der Waals surface area contributed by atoms with E-state index in [1.807, 2.05) is 24.3 Å². The van der Waals surface area contributed by atoms with Gasteiger partial charge in [0.15, 0.2) is 0 Å². The summed E-state index contributed by atoms with van der Waals surface area (Å²) in [4.78, 5) is 13.8. The first-order valence-electron chi connectivity index (χ1n) is 11.6. The molecule has 32 heavy (non-hydrogen) atoms. The number of likely N-dealkylation sites (tertiary alicyclic amines) is 1. The molecule has 1 aliphatic rings. The maximum absolute atomic E-state index is 11.6. The van der Waals surface area contributed by atoms with E-state index in [1.165, 1.54) is 18.2 Å². The molecule has 0 unspecified atom stereocenters. The van der Waals surface area contributed by atoms with Crippen LogP contribution in [0.25, 0.3) is 0 Å². The van der Waals surface area contributed by atoms with Crippen molar-refractivity contribution in [3.63, 3.8) is 0 Å². The number of aryl methyl sites for hydroxylation is 1. The predicted octanol–water partition coefficient (Wildman–Crippen LogP) is 3.03. The summed E-state index contributed by atoms with van der Waals surface area (Å²) in [6.45, 7) is 4.15. The molecule has 1 fully saturated rings. The molecule has 3 rings (SSSR count). The molecule has 6 nitrogen and oxygen atoms in total. The van der Waals surface area contributed by atoms with E-state index in [2.05, 4.69) is 40.5 Å². The second-order valence-electron chi connectivity index (χ2n) is 8.48. The fraction of sp³-hybridized carbons (Fsp3) is 0.500. The maximum atomic E-state index is 11.6. The van der Waals surface area contributed by atoms with Gasteiger partial charge >= 0.3 is 5.97 Å². The number of piperidine rings is 1. The Hall–Kier alpha value is -2.41. The Labute approximate surface area is 191 Å². The zero-order valence-corrected chi connectivity index (χ0v) is 19.0. The lowest BCUT2D eigenvalue weighted by atomic mass is 9.97. The number of carbonyl (C=O) groups is 1.